The first-order valence-electron chi connectivity index (χ1n) is 8.36. The van der Waals surface area contributed by atoms with E-state index in [-0.39, 0.29) is 23.8 Å². The Kier molecular flexibility index (Phi) is 5.04. The van der Waals surface area contributed by atoms with Gasteiger partial charge in [0, 0.05) is 30.0 Å². The van der Waals surface area contributed by atoms with Crippen molar-refractivity contribution in [2.45, 2.75) is 26.3 Å². The number of imidazole rings is 1. The zero-order valence-corrected chi connectivity index (χ0v) is 14.6. The molecule has 1 N–H and O–H groups in total. The molecule has 1 fully saturated rings. The van der Waals surface area contributed by atoms with Gasteiger partial charge in [-0.25, -0.2) is 18.2 Å². The number of likely N-dealkylation sites (tertiary alicyclic amines) is 1. The number of carbonyl (C=O) groups is 1. The van der Waals surface area contributed by atoms with Gasteiger partial charge in [-0.2, -0.15) is 0 Å². The van der Waals surface area contributed by atoms with Crippen LogP contribution in [0.3, 0.4) is 0 Å². The van der Waals surface area contributed by atoms with Crippen LogP contribution >= 0.6 is 0 Å². The summed E-state index contributed by atoms with van der Waals surface area (Å²) in [6, 6.07) is 6.00. The predicted octanol–water partition coefficient (Wildman–Crippen LogP) is 2.78. The van der Waals surface area contributed by atoms with Crippen LogP contribution in [0, 0.1) is 11.2 Å². The smallest absolute Gasteiger partial charge is 0.255 e. The molecule has 3 rings (SSSR count). The van der Waals surface area contributed by atoms with Crippen LogP contribution in [0.25, 0.3) is 5.69 Å². The molecule has 26 heavy (non-hydrogen) atoms. The van der Waals surface area contributed by atoms with Crippen LogP contribution in [-0.2, 0) is 4.79 Å². The number of halogens is 3. The Bertz CT molecular complexity index is 790. The summed E-state index contributed by atoms with van der Waals surface area (Å²) < 4.78 is 39.9. The molecule has 1 aliphatic rings. The second-order valence-corrected chi connectivity index (χ2v) is 7.13. The van der Waals surface area contributed by atoms with E-state index in [0.29, 0.717) is 18.1 Å². The molecular formula is C18H21F3N4O. The number of amides is 1. The molecule has 1 aromatic heterocycles. The third-order valence-electron chi connectivity index (χ3n) is 4.52. The molecule has 8 heteroatoms. The first-order chi connectivity index (χ1) is 12.3. The molecule has 1 unspecified atom stereocenters. The molecular weight excluding hydrogens is 345 g/mol. The third kappa shape index (κ3) is 3.75. The number of hydrogen-bond acceptors (Lipinski definition) is 3. The van der Waals surface area contributed by atoms with E-state index in [1.807, 2.05) is 4.90 Å². The van der Waals surface area contributed by atoms with Gasteiger partial charge in [0.2, 0.25) is 5.91 Å². The van der Waals surface area contributed by atoms with Crippen LogP contribution in [0.15, 0.2) is 36.7 Å². The van der Waals surface area contributed by atoms with Gasteiger partial charge in [-0.3, -0.25) is 9.69 Å². The Balaban J connectivity index is 1.81. The lowest BCUT2D eigenvalue weighted by atomic mass is 9.74. The second kappa shape index (κ2) is 7.11. The highest BCUT2D eigenvalue weighted by atomic mass is 19.3. The van der Waals surface area contributed by atoms with Crippen molar-refractivity contribution in [3.8, 4) is 5.69 Å². The number of hydrogen-bond donors (Lipinski definition) is 1. The highest BCUT2D eigenvalue weighted by Crippen LogP contribution is 2.47. The van der Waals surface area contributed by atoms with Crippen molar-refractivity contribution in [2.24, 2.45) is 5.41 Å². The maximum Gasteiger partial charge on any atom is 0.255 e. The molecule has 1 aromatic carbocycles. The number of benzene rings is 1. The summed E-state index contributed by atoms with van der Waals surface area (Å²) in [4.78, 5) is 18.2. The van der Waals surface area contributed by atoms with E-state index in [1.54, 1.807) is 29.1 Å². The standard InChI is InChI=1S/C18H21F3N4O/c1-18(2)11-24(10-15(26)23-9-14(20)21)16(18)17-22-6-7-25(17)13-5-3-4-12(19)8-13/h3-8,14,16H,9-11H2,1-2H3,(H,23,26). The van der Waals surface area contributed by atoms with Gasteiger partial charge in [0.1, 0.15) is 11.6 Å². The molecule has 0 radical (unpaired) electrons. The summed E-state index contributed by atoms with van der Waals surface area (Å²) in [7, 11) is 0. The Morgan fingerprint density at radius 2 is 2.19 bits per heavy atom. The van der Waals surface area contributed by atoms with Gasteiger partial charge in [0.05, 0.1) is 19.1 Å². The van der Waals surface area contributed by atoms with Crippen molar-refractivity contribution < 1.29 is 18.0 Å². The zero-order valence-electron chi connectivity index (χ0n) is 14.6. The third-order valence-corrected chi connectivity index (χ3v) is 4.52. The number of nitrogens with zero attached hydrogens (tertiary/aromatic N) is 3. The van der Waals surface area contributed by atoms with Crippen LogP contribution < -0.4 is 5.32 Å². The highest BCUT2D eigenvalue weighted by Gasteiger charge is 2.49. The lowest BCUT2D eigenvalue weighted by molar-refractivity contribution is -0.130. The summed E-state index contributed by atoms with van der Waals surface area (Å²) in [5, 5.41) is 2.22. The highest BCUT2D eigenvalue weighted by molar-refractivity contribution is 5.78. The van der Waals surface area contributed by atoms with Crippen molar-refractivity contribution in [1.29, 1.82) is 0 Å². The van der Waals surface area contributed by atoms with E-state index in [4.69, 9.17) is 0 Å². The molecule has 1 aliphatic heterocycles. The molecule has 1 atom stereocenters. The number of rotatable bonds is 6. The maximum atomic E-state index is 13.6. The largest absolute Gasteiger partial charge is 0.349 e. The minimum absolute atomic E-state index is 0.0107. The summed E-state index contributed by atoms with van der Waals surface area (Å²) in [6.45, 7) is 4.09. The van der Waals surface area contributed by atoms with E-state index >= 15 is 0 Å². The Labute approximate surface area is 149 Å². The van der Waals surface area contributed by atoms with Gasteiger partial charge in [-0.1, -0.05) is 19.9 Å². The van der Waals surface area contributed by atoms with Crippen LogP contribution in [-0.4, -0.2) is 46.4 Å². The van der Waals surface area contributed by atoms with Gasteiger partial charge >= 0.3 is 0 Å². The van der Waals surface area contributed by atoms with Crippen LogP contribution in [0.4, 0.5) is 13.2 Å². The normalized spacial score (nSPS) is 19.4. The van der Waals surface area contributed by atoms with Gasteiger partial charge < -0.3 is 9.88 Å². The van der Waals surface area contributed by atoms with Crippen molar-refractivity contribution in [3.63, 3.8) is 0 Å². The number of nitrogens with one attached hydrogen (secondary N) is 1. The van der Waals surface area contributed by atoms with Gasteiger partial charge in [0.25, 0.3) is 6.43 Å². The molecule has 2 aromatic rings. The molecule has 0 saturated carbocycles. The van der Waals surface area contributed by atoms with Crippen molar-refractivity contribution in [2.75, 3.05) is 19.6 Å². The fourth-order valence-corrected chi connectivity index (χ4v) is 3.54. The number of aromatic nitrogens is 2. The van der Waals surface area contributed by atoms with E-state index < -0.39 is 18.9 Å². The lowest BCUT2D eigenvalue weighted by Crippen LogP contribution is -2.58. The molecule has 1 amide bonds. The molecule has 0 aliphatic carbocycles. The number of carbonyl (C=O) groups excluding carboxylic acids is 1. The fraction of sp³-hybridized carbons (Fsp3) is 0.444. The summed E-state index contributed by atoms with van der Waals surface area (Å²) in [6.07, 6.45) is 0.798. The van der Waals surface area contributed by atoms with Gasteiger partial charge in [0.15, 0.2) is 0 Å². The van der Waals surface area contributed by atoms with E-state index in [2.05, 4.69) is 24.1 Å². The average Bonchev–Trinajstić information content (AvgIpc) is 3.00. The van der Waals surface area contributed by atoms with Crippen molar-refractivity contribution in [1.82, 2.24) is 19.8 Å². The minimum atomic E-state index is -2.57. The van der Waals surface area contributed by atoms with Crippen LogP contribution in [0.1, 0.15) is 25.7 Å². The van der Waals surface area contributed by atoms with Gasteiger partial charge in [-0.05, 0) is 18.2 Å². The molecule has 2 heterocycles. The molecule has 0 bridgehead atoms. The molecule has 5 nitrogen and oxygen atoms in total. The summed E-state index contributed by atoms with van der Waals surface area (Å²) in [5.74, 6) is -0.110. The summed E-state index contributed by atoms with van der Waals surface area (Å²) in [5.41, 5.74) is 0.488. The van der Waals surface area contributed by atoms with E-state index in [1.165, 1.54) is 12.1 Å². The van der Waals surface area contributed by atoms with Crippen molar-refractivity contribution in [3.05, 3.63) is 48.3 Å². The molecule has 0 spiro atoms. The fourth-order valence-electron chi connectivity index (χ4n) is 3.54. The molecule has 140 valence electrons. The quantitative estimate of drug-likeness (QED) is 0.855. The molecule has 1 saturated heterocycles. The summed E-state index contributed by atoms with van der Waals surface area (Å²) >= 11 is 0. The first kappa shape index (κ1) is 18.4. The number of alkyl halides is 2. The van der Waals surface area contributed by atoms with Crippen LogP contribution in [0.2, 0.25) is 0 Å². The Morgan fingerprint density at radius 1 is 1.42 bits per heavy atom. The SMILES string of the molecule is CC1(C)CN(CC(=O)NCC(F)F)C1c1nccn1-c1cccc(F)c1. The van der Waals surface area contributed by atoms with E-state index in [9.17, 15) is 18.0 Å². The van der Waals surface area contributed by atoms with E-state index in [0.717, 1.165) is 0 Å². The Hall–Kier alpha value is -2.35. The zero-order chi connectivity index (χ0) is 18.9. The lowest BCUT2D eigenvalue weighted by Gasteiger charge is -2.53. The maximum absolute atomic E-state index is 13.6. The van der Waals surface area contributed by atoms with Crippen LogP contribution in [0.5, 0.6) is 0 Å². The Morgan fingerprint density at radius 3 is 2.85 bits per heavy atom. The van der Waals surface area contributed by atoms with Crippen molar-refractivity contribution >= 4 is 5.91 Å². The first-order valence-corrected chi connectivity index (χ1v) is 8.36. The second-order valence-electron chi connectivity index (χ2n) is 7.13. The monoisotopic (exact) mass is 366 g/mol. The average molecular weight is 366 g/mol. The predicted molar refractivity (Wildman–Crippen MR) is 90.6 cm³/mol. The van der Waals surface area contributed by atoms with Gasteiger partial charge in [-0.15, -0.1) is 0 Å². The minimum Gasteiger partial charge on any atom is -0.349 e. The topological polar surface area (TPSA) is 50.2 Å².